The van der Waals surface area contributed by atoms with Gasteiger partial charge in [-0.2, -0.15) is 13.9 Å². The second-order valence-corrected chi connectivity index (χ2v) is 6.83. The molecule has 1 aliphatic heterocycles. The highest BCUT2D eigenvalue weighted by Gasteiger charge is 2.24. The van der Waals surface area contributed by atoms with Crippen LogP contribution in [0.5, 0.6) is 0 Å². The fraction of sp³-hybridized carbons (Fsp3) is 0.167. The third-order valence-electron chi connectivity index (χ3n) is 4.59. The molecule has 0 unspecified atom stereocenters. The lowest BCUT2D eigenvalue weighted by Crippen LogP contribution is -2.45. The molecule has 0 bridgehead atoms. The second-order valence-electron chi connectivity index (χ2n) is 6.43. The Morgan fingerprint density at radius 2 is 2.10 bits per heavy atom. The Hall–Kier alpha value is -3.24. The second kappa shape index (κ2) is 7.30. The number of amides is 1. The molecule has 1 amide bonds. The van der Waals surface area contributed by atoms with Crippen molar-refractivity contribution in [3.8, 4) is 0 Å². The van der Waals surface area contributed by atoms with Crippen LogP contribution in [0.3, 0.4) is 0 Å². The van der Waals surface area contributed by atoms with Gasteiger partial charge in [0.2, 0.25) is 5.91 Å². The summed E-state index contributed by atoms with van der Waals surface area (Å²) in [5, 5.41) is 10.2. The monoisotopic (exact) mass is 419 g/mol. The average Bonchev–Trinajstić information content (AvgIpc) is 3.29. The number of amidine groups is 1. The number of nitrogens with zero attached hydrogens (tertiary/aromatic N) is 4. The average molecular weight is 420 g/mol. The first-order valence-corrected chi connectivity index (χ1v) is 8.95. The number of primary amides is 1. The molecule has 4 N–H and O–H groups in total. The molecular weight excluding hydrogens is 404 g/mol. The van der Waals surface area contributed by atoms with Gasteiger partial charge in [-0.3, -0.25) is 14.9 Å². The first-order valence-electron chi connectivity index (χ1n) is 8.57. The van der Waals surface area contributed by atoms with Crippen LogP contribution in [0.1, 0.15) is 27.2 Å². The normalized spacial score (nSPS) is 14.2. The van der Waals surface area contributed by atoms with E-state index >= 15 is 0 Å². The maximum absolute atomic E-state index is 12.8. The number of hydrogen-bond acceptors (Lipinski definition) is 6. The van der Waals surface area contributed by atoms with Crippen LogP contribution in [0.15, 0.2) is 41.5 Å². The van der Waals surface area contributed by atoms with Crippen LogP contribution in [-0.4, -0.2) is 33.2 Å². The van der Waals surface area contributed by atoms with E-state index in [0.717, 1.165) is 16.6 Å². The number of carbonyl (C=O) groups excluding carboxylic acids is 1. The number of aromatic nitrogens is 2. The molecule has 8 nitrogen and oxygen atoms in total. The standard InChI is InChI=1S/C18H16ClF2N7O/c1-9-11-6-5-10(17-23-26-28(25-17)18(20)21)7-15(11)27(24-9)8-13-12(16(22)29)3-2-4-14(13)19/h2-7,18,26H,8H2,1H3,(H2,22,29)(H,23,25). The molecule has 11 heteroatoms. The van der Waals surface area contributed by atoms with Gasteiger partial charge in [-0.1, -0.05) is 34.9 Å². The molecule has 0 saturated carbocycles. The van der Waals surface area contributed by atoms with Crippen LogP contribution in [-0.2, 0) is 6.54 Å². The first kappa shape index (κ1) is 19.1. The highest BCUT2D eigenvalue weighted by Crippen LogP contribution is 2.25. The lowest BCUT2D eigenvalue weighted by Gasteiger charge is -2.13. The fourth-order valence-electron chi connectivity index (χ4n) is 3.20. The number of fused-ring (bicyclic) bond motifs is 1. The molecule has 29 heavy (non-hydrogen) atoms. The zero-order chi connectivity index (χ0) is 20.7. The van der Waals surface area contributed by atoms with E-state index < -0.39 is 12.5 Å². The van der Waals surface area contributed by atoms with E-state index in [1.165, 1.54) is 0 Å². The van der Waals surface area contributed by atoms with Crippen LogP contribution in [0.25, 0.3) is 10.9 Å². The Morgan fingerprint density at radius 1 is 1.31 bits per heavy atom. The lowest BCUT2D eigenvalue weighted by atomic mass is 10.1. The number of carbonyl (C=O) groups is 1. The summed E-state index contributed by atoms with van der Waals surface area (Å²) in [6, 6.07) is 10.3. The van der Waals surface area contributed by atoms with E-state index in [2.05, 4.69) is 21.2 Å². The quantitative estimate of drug-likeness (QED) is 0.551. The highest BCUT2D eigenvalue weighted by molar-refractivity contribution is 6.31. The number of nitrogens with two attached hydrogens (primary N) is 1. The van der Waals surface area contributed by atoms with Gasteiger partial charge in [-0.25, -0.2) is 5.53 Å². The van der Waals surface area contributed by atoms with Gasteiger partial charge in [0.25, 0.3) is 0 Å². The van der Waals surface area contributed by atoms with Crippen molar-refractivity contribution in [2.24, 2.45) is 10.8 Å². The Bertz CT molecular complexity index is 1140. The van der Waals surface area contributed by atoms with Crippen molar-refractivity contribution in [3.05, 3.63) is 63.8 Å². The van der Waals surface area contributed by atoms with E-state index in [1.54, 1.807) is 35.0 Å². The van der Waals surface area contributed by atoms with Gasteiger partial charge in [0.05, 0.1) is 17.8 Å². The topological polar surface area (TPSA) is 101 Å². The van der Waals surface area contributed by atoms with E-state index in [0.29, 0.717) is 26.8 Å². The van der Waals surface area contributed by atoms with Gasteiger partial charge < -0.3 is 5.73 Å². The molecule has 2 heterocycles. The number of nitrogens with one attached hydrogen (secondary N) is 2. The van der Waals surface area contributed by atoms with Gasteiger partial charge in [0.15, 0.2) is 5.84 Å². The minimum atomic E-state index is -2.76. The minimum Gasteiger partial charge on any atom is -0.366 e. The molecule has 1 aromatic heterocycles. The summed E-state index contributed by atoms with van der Waals surface area (Å²) in [6.45, 7) is -0.696. The summed E-state index contributed by atoms with van der Waals surface area (Å²) >= 11 is 6.30. The molecule has 2 aromatic carbocycles. The van der Waals surface area contributed by atoms with Crippen LogP contribution < -0.4 is 16.7 Å². The number of benzene rings is 2. The largest absolute Gasteiger partial charge is 0.366 e. The Balaban J connectivity index is 1.74. The summed E-state index contributed by atoms with van der Waals surface area (Å²) in [4.78, 5) is 11.8. The fourth-order valence-corrected chi connectivity index (χ4v) is 3.43. The molecule has 150 valence electrons. The van der Waals surface area contributed by atoms with Crippen molar-refractivity contribution in [1.82, 2.24) is 25.9 Å². The number of aryl methyl sites for hydroxylation is 1. The molecule has 0 aliphatic carbocycles. The molecular formula is C18H16ClF2N7O. The molecule has 3 aromatic rings. The number of hydrazone groups is 1. The van der Waals surface area contributed by atoms with E-state index in [4.69, 9.17) is 17.3 Å². The molecule has 0 radical (unpaired) electrons. The van der Waals surface area contributed by atoms with Crippen molar-refractivity contribution < 1.29 is 13.6 Å². The molecule has 0 atom stereocenters. The summed E-state index contributed by atoms with van der Waals surface area (Å²) in [5.74, 6) is -0.341. The molecule has 4 rings (SSSR count). The van der Waals surface area contributed by atoms with E-state index in [9.17, 15) is 13.6 Å². The Morgan fingerprint density at radius 3 is 2.79 bits per heavy atom. The number of alkyl halides is 2. The Kier molecular flexibility index (Phi) is 4.81. The van der Waals surface area contributed by atoms with Crippen molar-refractivity contribution in [2.45, 2.75) is 20.0 Å². The van der Waals surface area contributed by atoms with E-state index in [-0.39, 0.29) is 12.4 Å². The number of rotatable bonds is 5. The predicted octanol–water partition coefficient (Wildman–Crippen LogP) is 2.35. The van der Waals surface area contributed by atoms with Crippen LogP contribution in [0.4, 0.5) is 8.78 Å². The molecule has 0 spiro atoms. The van der Waals surface area contributed by atoms with Gasteiger partial charge >= 0.3 is 6.55 Å². The maximum Gasteiger partial charge on any atom is 0.329 e. The number of hydrogen-bond donors (Lipinski definition) is 3. The minimum absolute atomic E-state index is 0.215. The highest BCUT2D eigenvalue weighted by atomic mass is 35.5. The third-order valence-corrected chi connectivity index (χ3v) is 4.95. The van der Waals surface area contributed by atoms with Crippen molar-refractivity contribution in [1.29, 1.82) is 0 Å². The first-order chi connectivity index (χ1) is 13.8. The third kappa shape index (κ3) is 3.47. The van der Waals surface area contributed by atoms with Crippen LogP contribution in [0.2, 0.25) is 5.02 Å². The molecule has 0 fully saturated rings. The summed E-state index contributed by atoms with van der Waals surface area (Å²) in [7, 11) is 0. The number of halogens is 3. The van der Waals surface area contributed by atoms with E-state index in [1.807, 2.05) is 13.0 Å². The number of hydrazine groups is 2. The van der Waals surface area contributed by atoms with Gasteiger partial charge in [0, 0.05) is 27.1 Å². The summed E-state index contributed by atoms with van der Waals surface area (Å²) < 4.78 is 27.3. The lowest BCUT2D eigenvalue weighted by molar-refractivity contribution is -0.0708. The predicted molar refractivity (Wildman–Crippen MR) is 104 cm³/mol. The summed E-state index contributed by atoms with van der Waals surface area (Å²) in [5.41, 5.74) is 13.1. The zero-order valence-corrected chi connectivity index (χ0v) is 15.9. The maximum atomic E-state index is 12.8. The Labute approximate surface area is 168 Å². The smallest absolute Gasteiger partial charge is 0.329 e. The zero-order valence-electron chi connectivity index (χ0n) is 15.2. The van der Waals surface area contributed by atoms with Crippen molar-refractivity contribution in [3.63, 3.8) is 0 Å². The SMILES string of the molecule is Cc1nn(Cc2c(Cl)cccc2C(N)=O)c2cc(C3=NNN(C(F)F)N3)ccc12. The summed E-state index contributed by atoms with van der Waals surface area (Å²) in [6.07, 6.45) is 0. The molecule has 1 aliphatic rings. The van der Waals surface area contributed by atoms with Gasteiger partial charge in [-0.15, -0.1) is 5.10 Å². The van der Waals surface area contributed by atoms with Crippen molar-refractivity contribution >= 4 is 34.2 Å². The van der Waals surface area contributed by atoms with Gasteiger partial charge in [-0.05, 0) is 25.1 Å². The van der Waals surface area contributed by atoms with Crippen molar-refractivity contribution in [2.75, 3.05) is 0 Å². The van der Waals surface area contributed by atoms with Crippen LogP contribution in [0, 0.1) is 6.92 Å². The van der Waals surface area contributed by atoms with Gasteiger partial charge in [0.1, 0.15) is 0 Å². The van der Waals surface area contributed by atoms with Crippen LogP contribution >= 0.6 is 11.6 Å². The molecule has 0 saturated heterocycles.